The van der Waals surface area contributed by atoms with Crippen LogP contribution in [0.15, 0.2) is 17.0 Å². The van der Waals surface area contributed by atoms with Gasteiger partial charge in [-0.1, -0.05) is 17.7 Å². The van der Waals surface area contributed by atoms with Crippen LogP contribution in [0, 0.1) is 34.6 Å². The van der Waals surface area contributed by atoms with Crippen molar-refractivity contribution in [1.29, 1.82) is 0 Å². The summed E-state index contributed by atoms with van der Waals surface area (Å²) >= 11 is 1.35. The molecule has 0 aliphatic carbocycles. The summed E-state index contributed by atoms with van der Waals surface area (Å²) in [6, 6.07) is 3.75. The molecule has 108 valence electrons. The molecule has 0 saturated carbocycles. The largest absolute Gasteiger partial charge is 0.264 e. The molecule has 0 unspecified atom stereocenters. The summed E-state index contributed by atoms with van der Waals surface area (Å²) in [4.78, 5) is 5.58. The second-order valence-electron chi connectivity index (χ2n) is 4.99. The van der Waals surface area contributed by atoms with Gasteiger partial charge in [-0.05, 0) is 45.7 Å². The number of nitrogens with one attached hydrogen (secondary N) is 1. The van der Waals surface area contributed by atoms with E-state index in [-0.39, 0.29) is 0 Å². The molecule has 0 fully saturated rings. The fourth-order valence-electron chi connectivity index (χ4n) is 2.27. The normalized spacial score (nSPS) is 11.7. The molecule has 6 heteroatoms. The van der Waals surface area contributed by atoms with Gasteiger partial charge in [-0.15, -0.1) is 11.3 Å². The van der Waals surface area contributed by atoms with Gasteiger partial charge in [0, 0.05) is 4.88 Å². The molecule has 2 aromatic rings. The van der Waals surface area contributed by atoms with Crippen molar-refractivity contribution in [3.05, 3.63) is 39.4 Å². The van der Waals surface area contributed by atoms with Crippen LogP contribution in [-0.2, 0) is 10.0 Å². The molecule has 0 radical (unpaired) electrons. The van der Waals surface area contributed by atoms with E-state index in [1.165, 1.54) is 11.3 Å². The van der Waals surface area contributed by atoms with Crippen LogP contribution in [0.5, 0.6) is 0 Å². The molecular weight excluding hydrogens is 292 g/mol. The first-order chi connectivity index (χ1) is 9.20. The van der Waals surface area contributed by atoms with E-state index in [2.05, 4.69) is 9.71 Å². The average Bonchev–Trinajstić information content (AvgIpc) is 2.54. The topological polar surface area (TPSA) is 59.1 Å². The molecule has 0 atom stereocenters. The maximum atomic E-state index is 12.5. The molecule has 1 N–H and O–H groups in total. The first kappa shape index (κ1) is 15.0. The first-order valence-electron chi connectivity index (χ1n) is 6.25. The van der Waals surface area contributed by atoms with Crippen molar-refractivity contribution in [2.45, 2.75) is 39.5 Å². The van der Waals surface area contributed by atoms with E-state index in [1.54, 1.807) is 0 Å². The summed E-state index contributed by atoms with van der Waals surface area (Å²) in [6.45, 7) is 9.37. The lowest BCUT2D eigenvalue weighted by Crippen LogP contribution is -2.15. The van der Waals surface area contributed by atoms with Gasteiger partial charge in [0.15, 0.2) is 5.13 Å². The second-order valence-corrected chi connectivity index (χ2v) is 7.82. The maximum absolute atomic E-state index is 12.5. The van der Waals surface area contributed by atoms with Gasteiger partial charge in [0.2, 0.25) is 0 Å². The van der Waals surface area contributed by atoms with Crippen molar-refractivity contribution in [3.8, 4) is 0 Å². The van der Waals surface area contributed by atoms with Crippen LogP contribution in [0.2, 0.25) is 0 Å². The van der Waals surface area contributed by atoms with E-state index in [4.69, 9.17) is 0 Å². The van der Waals surface area contributed by atoms with Gasteiger partial charge in [0.1, 0.15) is 0 Å². The third-order valence-corrected chi connectivity index (χ3v) is 5.88. The Morgan fingerprint density at radius 2 is 1.60 bits per heavy atom. The van der Waals surface area contributed by atoms with Crippen molar-refractivity contribution in [2.75, 3.05) is 4.72 Å². The number of sulfonamides is 1. The lowest BCUT2D eigenvalue weighted by molar-refractivity contribution is 0.600. The number of thiazole rings is 1. The monoisotopic (exact) mass is 310 g/mol. The van der Waals surface area contributed by atoms with Crippen LogP contribution in [0.3, 0.4) is 0 Å². The highest BCUT2D eigenvalue weighted by atomic mass is 32.2. The molecular formula is C14H18N2O2S2. The maximum Gasteiger partial charge on any atom is 0.264 e. The fraction of sp³-hybridized carbons (Fsp3) is 0.357. The first-order valence-corrected chi connectivity index (χ1v) is 8.55. The number of aromatic nitrogens is 1. The molecule has 0 bridgehead atoms. The van der Waals surface area contributed by atoms with Crippen molar-refractivity contribution < 1.29 is 8.42 Å². The Balaban J connectivity index is 2.46. The van der Waals surface area contributed by atoms with Gasteiger partial charge in [-0.25, -0.2) is 13.4 Å². The van der Waals surface area contributed by atoms with E-state index in [1.807, 2.05) is 46.8 Å². The zero-order valence-corrected chi connectivity index (χ0v) is 13.9. The molecule has 1 aromatic heterocycles. The molecule has 0 aliphatic rings. The quantitative estimate of drug-likeness (QED) is 0.944. The molecule has 20 heavy (non-hydrogen) atoms. The summed E-state index contributed by atoms with van der Waals surface area (Å²) in [5, 5.41) is 0.416. The summed E-state index contributed by atoms with van der Waals surface area (Å²) in [7, 11) is -3.60. The van der Waals surface area contributed by atoms with Crippen molar-refractivity contribution in [3.63, 3.8) is 0 Å². The van der Waals surface area contributed by atoms with E-state index in [9.17, 15) is 8.42 Å². The summed E-state index contributed by atoms with van der Waals surface area (Å²) in [5.41, 5.74) is 3.41. The van der Waals surface area contributed by atoms with Gasteiger partial charge in [-0.2, -0.15) is 0 Å². The van der Waals surface area contributed by atoms with Crippen LogP contribution >= 0.6 is 11.3 Å². The highest BCUT2D eigenvalue weighted by molar-refractivity contribution is 7.93. The Morgan fingerprint density at radius 1 is 1.05 bits per heavy atom. The van der Waals surface area contributed by atoms with Crippen LogP contribution in [0.4, 0.5) is 5.13 Å². The molecule has 0 saturated heterocycles. The van der Waals surface area contributed by atoms with Crippen LogP contribution in [0.25, 0.3) is 0 Å². The highest BCUT2D eigenvalue weighted by Gasteiger charge is 2.21. The number of hydrogen-bond donors (Lipinski definition) is 1. The number of nitrogens with zero attached hydrogens (tertiary/aromatic N) is 1. The van der Waals surface area contributed by atoms with E-state index in [0.29, 0.717) is 10.0 Å². The lowest BCUT2D eigenvalue weighted by atomic mass is 10.1. The summed E-state index contributed by atoms with van der Waals surface area (Å²) in [5.74, 6) is 0. The number of aryl methyl sites for hydroxylation is 5. The molecule has 0 aliphatic heterocycles. The number of hydrogen-bond acceptors (Lipinski definition) is 4. The molecule has 0 amide bonds. The van der Waals surface area contributed by atoms with Crippen LogP contribution < -0.4 is 4.72 Å². The fourth-order valence-corrected chi connectivity index (χ4v) is 4.78. The Kier molecular flexibility index (Phi) is 3.88. The van der Waals surface area contributed by atoms with Gasteiger partial charge < -0.3 is 0 Å². The molecule has 1 aromatic carbocycles. The Bertz CT molecular complexity index is 719. The molecule has 2 rings (SSSR count). The number of anilines is 1. The standard InChI is InChI=1S/C14H18N2O2S2/c1-8-6-9(2)13(10(3)7-8)20(17,18)16-14-15-11(4)12(5)19-14/h6-7H,1-5H3,(H,15,16). The Hall–Kier alpha value is -1.40. The lowest BCUT2D eigenvalue weighted by Gasteiger charge is -2.12. The minimum Gasteiger partial charge on any atom is -0.255 e. The minimum absolute atomic E-state index is 0.341. The van der Waals surface area contributed by atoms with Crippen molar-refractivity contribution in [2.24, 2.45) is 0 Å². The van der Waals surface area contributed by atoms with E-state index >= 15 is 0 Å². The zero-order chi connectivity index (χ0) is 15.1. The van der Waals surface area contributed by atoms with Gasteiger partial charge >= 0.3 is 0 Å². The van der Waals surface area contributed by atoms with Crippen LogP contribution in [-0.4, -0.2) is 13.4 Å². The molecule has 1 heterocycles. The molecule has 0 spiro atoms. The Labute approximate surface area is 123 Å². The number of rotatable bonds is 3. The van der Waals surface area contributed by atoms with Crippen molar-refractivity contribution in [1.82, 2.24) is 4.98 Å². The van der Waals surface area contributed by atoms with Crippen molar-refractivity contribution >= 4 is 26.5 Å². The minimum atomic E-state index is -3.60. The molecule has 4 nitrogen and oxygen atoms in total. The van der Waals surface area contributed by atoms with E-state index < -0.39 is 10.0 Å². The summed E-state index contributed by atoms with van der Waals surface area (Å²) < 4.78 is 27.6. The SMILES string of the molecule is Cc1cc(C)c(S(=O)(=O)Nc2nc(C)c(C)s2)c(C)c1. The van der Waals surface area contributed by atoms with Crippen LogP contribution in [0.1, 0.15) is 27.3 Å². The van der Waals surface area contributed by atoms with Gasteiger partial charge in [-0.3, -0.25) is 4.72 Å². The van der Waals surface area contributed by atoms with E-state index in [0.717, 1.165) is 27.3 Å². The van der Waals surface area contributed by atoms with Gasteiger partial charge in [0.25, 0.3) is 10.0 Å². The third kappa shape index (κ3) is 2.86. The predicted molar refractivity (Wildman–Crippen MR) is 83.0 cm³/mol. The van der Waals surface area contributed by atoms with Gasteiger partial charge in [0.05, 0.1) is 10.6 Å². The third-order valence-electron chi connectivity index (χ3n) is 3.12. The predicted octanol–water partition coefficient (Wildman–Crippen LogP) is 3.49. The smallest absolute Gasteiger partial charge is 0.255 e. The highest BCUT2D eigenvalue weighted by Crippen LogP contribution is 2.27. The average molecular weight is 310 g/mol. The Morgan fingerprint density at radius 3 is 2.05 bits per heavy atom. The number of benzene rings is 1. The second kappa shape index (κ2) is 5.18. The summed E-state index contributed by atoms with van der Waals surface area (Å²) in [6.07, 6.45) is 0. The zero-order valence-electron chi connectivity index (χ0n) is 12.2.